The number of benzene rings is 2. The minimum atomic E-state index is -0.189. The number of nitrogens with one attached hydrogen (secondary N) is 2. The number of rotatable bonds is 6. The van der Waals surface area contributed by atoms with Crippen LogP contribution in [0.25, 0.3) is 11.1 Å². The van der Waals surface area contributed by atoms with Gasteiger partial charge in [-0.25, -0.2) is 0 Å². The molecule has 3 aromatic rings. The number of hydrogen-bond donors (Lipinski definition) is 2. The minimum Gasteiger partial charge on any atom is -0.497 e. The molecule has 2 heterocycles. The van der Waals surface area contributed by atoms with Crippen molar-refractivity contribution in [3.05, 3.63) is 65.0 Å². The maximum Gasteiger partial charge on any atom is 0.252 e. The second-order valence-corrected chi connectivity index (χ2v) is 8.73. The number of aryl methyl sites for hydroxylation is 3. The molecule has 0 aliphatic carbocycles. The van der Waals surface area contributed by atoms with Crippen molar-refractivity contribution in [3.8, 4) is 16.9 Å². The maximum atomic E-state index is 13.3. The highest BCUT2D eigenvalue weighted by molar-refractivity contribution is 5.97. The van der Waals surface area contributed by atoms with Crippen LogP contribution >= 0.6 is 0 Å². The average Bonchev–Trinajstić information content (AvgIpc) is 3.17. The molecular formula is C26H33N5O2. The lowest BCUT2D eigenvalue weighted by Crippen LogP contribution is -2.43. The predicted octanol–water partition coefficient (Wildman–Crippen LogP) is 3.61. The Kier molecular flexibility index (Phi) is 6.70. The van der Waals surface area contributed by atoms with Crippen LogP contribution in [-0.2, 0) is 7.05 Å². The largest absolute Gasteiger partial charge is 0.497 e. The molecule has 4 rings (SSSR count). The van der Waals surface area contributed by atoms with Crippen molar-refractivity contribution in [2.75, 3.05) is 38.2 Å². The van der Waals surface area contributed by atoms with Gasteiger partial charge in [0, 0.05) is 56.2 Å². The summed E-state index contributed by atoms with van der Waals surface area (Å²) < 4.78 is 7.36. The predicted molar refractivity (Wildman–Crippen MR) is 132 cm³/mol. The number of anilines is 1. The van der Waals surface area contributed by atoms with Gasteiger partial charge in [-0.3, -0.25) is 9.48 Å². The maximum absolute atomic E-state index is 13.3. The van der Waals surface area contributed by atoms with E-state index in [1.165, 1.54) is 0 Å². The summed E-state index contributed by atoms with van der Waals surface area (Å²) in [5.74, 6) is 0.683. The summed E-state index contributed by atoms with van der Waals surface area (Å²) >= 11 is 0. The fraction of sp³-hybridized carbons (Fsp3) is 0.385. The number of nitrogens with zero attached hydrogens (tertiary/aromatic N) is 3. The first kappa shape index (κ1) is 22.9. The first-order valence-corrected chi connectivity index (χ1v) is 11.4. The van der Waals surface area contributed by atoms with Gasteiger partial charge in [-0.15, -0.1) is 0 Å². The van der Waals surface area contributed by atoms with Crippen LogP contribution in [0.15, 0.2) is 42.6 Å². The van der Waals surface area contributed by atoms with Crippen molar-refractivity contribution in [1.82, 2.24) is 20.4 Å². The molecule has 1 aromatic heterocycles. The number of methoxy groups -OCH3 is 1. The normalized spacial score (nSPS) is 14.8. The zero-order valence-corrected chi connectivity index (χ0v) is 20.1. The van der Waals surface area contributed by atoms with Crippen LogP contribution < -0.4 is 20.3 Å². The number of carbonyl (C=O) groups excluding carboxylic acids is 1. The van der Waals surface area contributed by atoms with E-state index in [2.05, 4.69) is 32.8 Å². The van der Waals surface area contributed by atoms with Crippen LogP contribution in [0.3, 0.4) is 0 Å². The third-order valence-electron chi connectivity index (χ3n) is 6.28. The molecule has 1 aliphatic heterocycles. The molecule has 1 atom stereocenters. The summed E-state index contributed by atoms with van der Waals surface area (Å²) in [6.45, 7) is 9.79. The Morgan fingerprint density at radius 1 is 1.15 bits per heavy atom. The van der Waals surface area contributed by atoms with Crippen LogP contribution in [0.1, 0.15) is 40.1 Å². The zero-order chi connectivity index (χ0) is 23.5. The zero-order valence-electron chi connectivity index (χ0n) is 20.1. The number of hydrogen-bond acceptors (Lipinski definition) is 5. The van der Waals surface area contributed by atoms with E-state index < -0.39 is 0 Å². The molecule has 7 heteroatoms. The Balaban J connectivity index is 1.58. The van der Waals surface area contributed by atoms with Crippen molar-refractivity contribution >= 4 is 11.6 Å². The number of amides is 1. The number of ether oxygens (including phenoxy) is 1. The van der Waals surface area contributed by atoms with Crippen LogP contribution in [0, 0.1) is 13.8 Å². The van der Waals surface area contributed by atoms with Crippen LogP contribution in [-0.4, -0.2) is 49.0 Å². The molecule has 1 fully saturated rings. The fourth-order valence-corrected chi connectivity index (χ4v) is 4.36. The van der Waals surface area contributed by atoms with Gasteiger partial charge >= 0.3 is 0 Å². The molecule has 1 saturated heterocycles. The first-order chi connectivity index (χ1) is 15.9. The van der Waals surface area contributed by atoms with Crippen molar-refractivity contribution in [2.45, 2.75) is 26.8 Å². The van der Waals surface area contributed by atoms with E-state index in [1.54, 1.807) is 7.11 Å². The number of piperazine rings is 1. The molecule has 2 N–H and O–H groups in total. The molecule has 7 nitrogen and oxygen atoms in total. The SMILES string of the molecule is COc1cc(-c2cn(C)nc2C)cc([C@@H](C)NC(=O)c2cc(N3CCNCC3)ccc2C)c1. The van der Waals surface area contributed by atoms with Crippen molar-refractivity contribution < 1.29 is 9.53 Å². The van der Waals surface area contributed by atoms with Crippen LogP contribution in [0.4, 0.5) is 5.69 Å². The smallest absolute Gasteiger partial charge is 0.252 e. The third-order valence-corrected chi connectivity index (χ3v) is 6.28. The highest BCUT2D eigenvalue weighted by atomic mass is 16.5. The average molecular weight is 448 g/mol. The van der Waals surface area contributed by atoms with E-state index in [0.29, 0.717) is 5.56 Å². The van der Waals surface area contributed by atoms with Gasteiger partial charge in [0.1, 0.15) is 5.75 Å². The summed E-state index contributed by atoms with van der Waals surface area (Å²) in [5.41, 5.74) is 6.78. The molecule has 174 valence electrons. The van der Waals surface area contributed by atoms with E-state index in [4.69, 9.17) is 4.74 Å². The summed E-state index contributed by atoms with van der Waals surface area (Å²) in [5, 5.41) is 11.0. The minimum absolute atomic E-state index is 0.0705. The summed E-state index contributed by atoms with van der Waals surface area (Å²) in [7, 11) is 3.57. The molecule has 2 aromatic carbocycles. The second kappa shape index (κ2) is 9.67. The lowest BCUT2D eigenvalue weighted by molar-refractivity contribution is 0.0939. The van der Waals surface area contributed by atoms with Gasteiger partial charge < -0.3 is 20.3 Å². The van der Waals surface area contributed by atoms with E-state index in [0.717, 1.165) is 65.6 Å². The van der Waals surface area contributed by atoms with E-state index in [-0.39, 0.29) is 11.9 Å². The Morgan fingerprint density at radius 2 is 1.91 bits per heavy atom. The highest BCUT2D eigenvalue weighted by Crippen LogP contribution is 2.30. The van der Waals surface area contributed by atoms with Crippen molar-refractivity contribution in [1.29, 1.82) is 0 Å². The quantitative estimate of drug-likeness (QED) is 0.604. The van der Waals surface area contributed by atoms with Gasteiger partial charge in [-0.1, -0.05) is 6.07 Å². The lowest BCUT2D eigenvalue weighted by Gasteiger charge is -2.30. The Bertz CT molecular complexity index is 1150. The Morgan fingerprint density at radius 3 is 2.58 bits per heavy atom. The van der Waals surface area contributed by atoms with Gasteiger partial charge in [0.25, 0.3) is 5.91 Å². The van der Waals surface area contributed by atoms with Gasteiger partial charge in [0.05, 0.1) is 18.8 Å². The van der Waals surface area contributed by atoms with Gasteiger partial charge in [-0.05, 0) is 67.8 Å². The Labute approximate surface area is 195 Å². The number of carbonyl (C=O) groups is 1. The summed E-state index contributed by atoms with van der Waals surface area (Å²) in [6.07, 6.45) is 2.00. The third kappa shape index (κ3) is 5.03. The monoisotopic (exact) mass is 447 g/mol. The lowest BCUT2D eigenvalue weighted by atomic mass is 9.99. The molecule has 0 unspecified atom stereocenters. The summed E-state index contributed by atoms with van der Waals surface area (Å²) in [6, 6.07) is 12.0. The molecule has 0 saturated carbocycles. The first-order valence-electron chi connectivity index (χ1n) is 11.4. The standard InChI is InChI=1S/C26H33N5O2/c1-17-6-7-22(31-10-8-27-9-11-31)15-24(17)26(32)28-18(2)20-12-21(14-23(13-20)33-5)25-16-30(4)29-19(25)3/h6-7,12-16,18,27H,8-11H2,1-5H3,(H,28,32)/t18-/m1/s1. The Hall–Kier alpha value is -3.32. The van der Waals surface area contributed by atoms with Gasteiger partial charge in [0.2, 0.25) is 0 Å². The number of aromatic nitrogens is 2. The molecular weight excluding hydrogens is 414 g/mol. The molecule has 0 bridgehead atoms. The van der Waals surface area contributed by atoms with E-state index >= 15 is 0 Å². The second-order valence-electron chi connectivity index (χ2n) is 8.73. The topological polar surface area (TPSA) is 71.4 Å². The summed E-state index contributed by atoms with van der Waals surface area (Å²) in [4.78, 5) is 15.6. The van der Waals surface area contributed by atoms with Crippen LogP contribution in [0.2, 0.25) is 0 Å². The van der Waals surface area contributed by atoms with Gasteiger partial charge in [-0.2, -0.15) is 5.10 Å². The van der Waals surface area contributed by atoms with Gasteiger partial charge in [0.15, 0.2) is 0 Å². The van der Waals surface area contributed by atoms with Crippen LogP contribution in [0.5, 0.6) is 5.75 Å². The molecule has 1 aliphatic rings. The van der Waals surface area contributed by atoms with Crippen molar-refractivity contribution in [3.63, 3.8) is 0 Å². The molecule has 0 spiro atoms. The fourth-order valence-electron chi connectivity index (χ4n) is 4.36. The van der Waals surface area contributed by atoms with E-state index in [1.807, 2.05) is 63.0 Å². The highest BCUT2D eigenvalue weighted by Gasteiger charge is 2.18. The molecule has 0 radical (unpaired) electrons. The van der Waals surface area contributed by atoms with Crippen molar-refractivity contribution in [2.24, 2.45) is 7.05 Å². The molecule has 33 heavy (non-hydrogen) atoms. The molecule has 1 amide bonds. The van der Waals surface area contributed by atoms with E-state index in [9.17, 15) is 4.79 Å².